The van der Waals surface area contributed by atoms with E-state index < -0.39 is 18.1 Å². The minimum Gasteiger partial charge on any atom is -0.206 e. The lowest BCUT2D eigenvalue weighted by atomic mass is 10.2. The second-order valence-electron chi connectivity index (χ2n) is 4.57. The SMILES string of the molecule is CCCCSc1nnc(C(F)F)n1/N=C/c1cc(Br)ccc1F. The van der Waals surface area contributed by atoms with Gasteiger partial charge in [-0.2, -0.15) is 9.78 Å². The van der Waals surface area contributed by atoms with Crippen LogP contribution in [0.2, 0.25) is 0 Å². The second-order valence-corrected chi connectivity index (χ2v) is 6.54. The maximum atomic E-state index is 13.7. The van der Waals surface area contributed by atoms with Gasteiger partial charge in [0.05, 0.1) is 6.21 Å². The summed E-state index contributed by atoms with van der Waals surface area (Å²) in [6.07, 6.45) is 0.271. The standard InChI is InChI=1S/C14H14BrF3N4S/c1-2-3-6-23-14-21-20-13(12(17)18)22(14)19-8-9-7-10(15)4-5-11(9)16/h4-5,7-8,12H,2-3,6H2,1H3/b19-8+. The molecule has 2 aromatic rings. The highest BCUT2D eigenvalue weighted by Gasteiger charge is 2.20. The van der Waals surface area contributed by atoms with Crippen LogP contribution < -0.4 is 0 Å². The van der Waals surface area contributed by atoms with Crippen LogP contribution in [0.25, 0.3) is 0 Å². The highest BCUT2D eigenvalue weighted by atomic mass is 79.9. The van der Waals surface area contributed by atoms with E-state index in [0.29, 0.717) is 4.47 Å². The number of unbranched alkanes of at least 4 members (excludes halogenated alkanes) is 1. The van der Waals surface area contributed by atoms with Gasteiger partial charge >= 0.3 is 0 Å². The van der Waals surface area contributed by atoms with E-state index in [0.717, 1.165) is 23.3 Å². The molecule has 2 rings (SSSR count). The average molecular weight is 407 g/mol. The van der Waals surface area contributed by atoms with Crippen LogP contribution in [0, 0.1) is 5.82 Å². The molecule has 0 radical (unpaired) electrons. The number of nitrogens with zero attached hydrogens (tertiary/aromatic N) is 4. The molecule has 1 aromatic heterocycles. The number of halogens is 4. The summed E-state index contributed by atoms with van der Waals surface area (Å²) in [7, 11) is 0. The van der Waals surface area contributed by atoms with Crippen molar-refractivity contribution < 1.29 is 13.2 Å². The van der Waals surface area contributed by atoms with E-state index in [1.165, 1.54) is 30.1 Å². The third-order valence-electron chi connectivity index (χ3n) is 2.83. The van der Waals surface area contributed by atoms with Crippen molar-refractivity contribution in [2.45, 2.75) is 31.3 Å². The van der Waals surface area contributed by atoms with Crippen molar-refractivity contribution >= 4 is 33.9 Å². The van der Waals surface area contributed by atoms with E-state index in [9.17, 15) is 13.2 Å². The molecule has 0 unspecified atom stereocenters. The fourth-order valence-corrected chi connectivity index (χ4v) is 3.01. The zero-order valence-corrected chi connectivity index (χ0v) is 14.6. The summed E-state index contributed by atoms with van der Waals surface area (Å²) in [4.78, 5) is 0. The van der Waals surface area contributed by atoms with Gasteiger partial charge in [0.2, 0.25) is 11.0 Å². The Labute approximate surface area is 144 Å². The molecule has 0 bridgehead atoms. The minimum absolute atomic E-state index is 0.179. The smallest absolute Gasteiger partial charge is 0.206 e. The molecule has 0 spiro atoms. The maximum absolute atomic E-state index is 13.7. The summed E-state index contributed by atoms with van der Waals surface area (Å²) in [5.74, 6) is -0.335. The van der Waals surface area contributed by atoms with Crippen LogP contribution in [-0.4, -0.2) is 26.8 Å². The molecular formula is C14H14BrF3N4S. The lowest BCUT2D eigenvalue weighted by Gasteiger charge is -2.04. The highest BCUT2D eigenvalue weighted by molar-refractivity contribution is 9.10. The number of hydrogen-bond acceptors (Lipinski definition) is 4. The summed E-state index contributed by atoms with van der Waals surface area (Å²) in [5, 5.41) is 11.4. The van der Waals surface area contributed by atoms with Crippen molar-refractivity contribution in [2.24, 2.45) is 5.10 Å². The summed E-state index contributed by atoms with van der Waals surface area (Å²) in [5.41, 5.74) is 0.179. The van der Waals surface area contributed by atoms with Gasteiger partial charge in [0, 0.05) is 15.8 Å². The summed E-state index contributed by atoms with van der Waals surface area (Å²) in [6.45, 7) is 2.03. The van der Waals surface area contributed by atoms with Gasteiger partial charge in [-0.25, -0.2) is 13.2 Å². The van der Waals surface area contributed by atoms with Gasteiger partial charge in [-0.05, 0) is 24.6 Å². The summed E-state index contributed by atoms with van der Waals surface area (Å²) >= 11 is 4.52. The molecule has 1 heterocycles. The number of benzene rings is 1. The number of aromatic nitrogens is 3. The normalized spacial score (nSPS) is 11.7. The molecule has 1 aromatic carbocycles. The topological polar surface area (TPSA) is 43.1 Å². The molecule has 9 heteroatoms. The van der Waals surface area contributed by atoms with Crippen LogP contribution in [-0.2, 0) is 0 Å². The highest BCUT2D eigenvalue weighted by Crippen LogP contribution is 2.24. The molecule has 0 N–H and O–H groups in total. The Hall–Kier alpha value is -1.35. The number of alkyl halides is 2. The Bertz CT molecular complexity index is 691. The van der Waals surface area contributed by atoms with E-state index in [-0.39, 0.29) is 10.7 Å². The van der Waals surface area contributed by atoms with Crippen LogP contribution in [0.1, 0.15) is 37.6 Å². The molecule has 0 saturated heterocycles. The molecule has 23 heavy (non-hydrogen) atoms. The fourth-order valence-electron chi connectivity index (χ4n) is 1.65. The first-order valence-electron chi connectivity index (χ1n) is 6.88. The van der Waals surface area contributed by atoms with Gasteiger partial charge in [-0.1, -0.05) is 41.0 Å². The summed E-state index contributed by atoms with van der Waals surface area (Å²) < 4.78 is 41.3. The van der Waals surface area contributed by atoms with Crippen molar-refractivity contribution in [1.29, 1.82) is 0 Å². The third kappa shape index (κ3) is 4.81. The number of thioether (sulfide) groups is 1. The Morgan fingerprint density at radius 1 is 1.39 bits per heavy atom. The summed E-state index contributed by atoms with van der Waals surface area (Å²) in [6, 6.07) is 4.32. The molecule has 0 amide bonds. The molecule has 0 fully saturated rings. The minimum atomic E-state index is -2.81. The Kier molecular flexibility index (Phi) is 6.64. The number of hydrogen-bond donors (Lipinski definition) is 0. The first-order chi connectivity index (χ1) is 11.0. The average Bonchev–Trinajstić information content (AvgIpc) is 2.92. The van der Waals surface area contributed by atoms with E-state index >= 15 is 0 Å². The lowest BCUT2D eigenvalue weighted by molar-refractivity contribution is 0.135. The molecule has 0 aliphatic heterocycles. The Morgan fingerprint density at radius 2 is 2.17 bits per heavy atom. The molecule has 0 saturated carbocycles. The van der Waals surface area contributed by atoms with Crippen molar-refractivity contribution in [3.63, 3.8) is 0 Å². The van der Waals surface area contributed by atoms with Crippen LogP contribution >= 0.6 is 27.7 Å². The van der Waals surface area contributed by atoms with E-state index in [1.54, 1.807) is 6.07 Å². The Balaban J connectivity index is 2.30. The van der Waals surface area contributed by atoms with E-state index in [1.807, 2.05) is 6.92 Å². The fraction of sp³-hybridized carbons (Fsp3) is 0.357. The van der Waals surface area contributed by atoms with E-state index in [4.69, 9.17) is 0 Å². The van der Waals surface area contributed by atoms with Gasteiger partial charge in [0.1, 0.15) is 5.82 Å². The molecular weight excluding hydrogens is 393 g/mol. The van der Waals surface area contributed by atoms with Crippen molar-refractivity contribution in [3.8, 4) is 0 Å². The quantitative estimate of drug-likeness (QED) is 0.373. The Morgan fingerprint density at radius 3 is 2.87 bits per heavy atom. The van der Waals surface area contributed by atoms with Crippen LogP contribution in [0.5, 0.6) is 0 Å². The van der Waals surface area contributed by atoms with Gasteiger partial charge in [0.25, 0.3) is 6.43 Å². The van der Waals surface area contributed by atoms with Gasteiger partial charge < -0.3 is 0 Å². The van der Waals surface area contributed by atoms with Crippen LogP contribution in [0.15, 0.2) is 32.9 Å². The van der Waals surface area contributed by atoms with Gasteiger partial charge in [-0.15, -0.1) is 10.2 Å². The number of rotatable bonds is 7. The predicted octanol–water partition coefficient (Wildman–Crippen LogP) is 4.89. The maximum Gasteiger partial charge on any atom is 0.299 e. The molecule has 0 aliphatic rings. The van der Waals surface area contributed by atoms with Gasteiger partial charge in [-0.3, -0.25) is 0 Å². The zero-order valence-electron chi connectivity index (χ0n) is 12.2. The molecule has 0 aliphatic carbocycles. The molecule has 124 valence electrons. The first kappa shape index (κ1) is 18.0. The van der Waals surface area contributed by atoms with Crippen molar-refractivity contribution in [2.75, 3.05) is 5.75 Å². The van der Waals surface area contributed by atoms with Gasteiger partial charge in [0.15, 0.2) is 0 Å². The zero-order chi connectivity index (χ0) is 16.8. The molecule has 4 nitrogen and oxygen atoms in total. The van der Waals surface area contributed by atoms with E-state index in [2.05, 4.69) is 31.2 Å². The van der Waals surface area contributed by atoms with Crippen LogP contribution in [0.3, 0.4) is 0 Å². The largest absolute Gasteiger partial charge is 0.299 e. The monoisotopic (exact) mass is 406 g/mol. The van der Waals surface area contributed by atoms with Crippen molar-refractivity contribution in [1.82, 2.24) is 14.9 Å². The van der Waals surface area contributed by atoms with Crippen LogP contribution in [0.4, 0.5) is 13.2 Å². The lowest BCUT2D eigenvalue weighted by Crippen LogP contribution is -2.01. The second kappa shape index (κ2) is 8.49. The predicted molar refractivity (Wildman–Crippen MR) is 87.7 cm³/mol. The molecule has 0 atom stereocenters. The first-order valence-corrected chi connectivity index (χ1v) is 8.66. The third-order valence-corrected chi connectivity index (χ3v) is 4.33. The van der Waals surface area contributed by atoms with Crippen molar-refractivity contribution in [3.05, 3.63) is 39.9 Å².